The molecule has 98 valence electrons. The van der Waals surface area contributed by atoms with Crippen molar-refractivity contribution < 1.29 is 14.6 Å². The van der Waals surface area contributed by atoms with Crippen molar-refractivity contribution in [3.05, 3.63) is 23.8 Å². The van der Waals surface area contributed by atoms with Gasteiger partial charge in [0, 0.05) is 25.7 Å². The molecule has 5 nitrogen and oxygen atoms in total. The third-order valence-corrected chi connectivity index (χ3v) is 3.21. The number of phenolic OH excluding ortho intramolecular Hbond substituents is 1. The summed E-state index contributed by atoms with van der Waals surface area (Å²) in [4.78, 5) is 14.2. The minimum atomic E-state index is -0.152. The third kappa shape index (κ3) is 2.26. The monoisotopic (exact) mass is 250 g/mol. The van der Waals surface area contributed by atoms with Crippen molar-refractivity contribution in [3.8, 4) is 11.5 Å². The van der Waals surface area contributed by atoms with Gasteiger partial charge in [-0.25, -0.2) is 0 Å². The number of rotatable bonds is 2. The van der Waals surface area contributed by atoms with Crippen molar-refractivity contribution in [3.63, 3.8) is 0 Å². The Bertz CT molecular complexity index is 448. The van der Waals surface area contributed by atoms with E-state index in [2.05, 4.69) is 5.32 Å². The first-order valence-corrected chi connectivity index (χ1v) is 6.02. The first-order valence-electron chi connectivity index (χ1n) is 6.02. The van der Waals surface area contributed by atoms with Crippen LogP contribution in [0, 0.1) is 0 Å². The Hall–Kier alpha value is -1.75. The fraction of sp³-hybridized carbons (Fsp3) is 0.462. The Morgan fingerprint density at radius 1 is 1.56 bits per heavy atom. The van der Waals surface area contributed by atoms with Gasteiger partial charge in [0.05, 0.1) is 12.7 Å². The van der Waals surface area contributed by atoms with Crippen molar-refractivity contribution in [1.82, 2.24) is 10.2 Å². The van der Waals surface area contributed by atoms with Gasteiger partial charge in [-0.15, -0.1) is 0 Å². The molecular formula is C13H18N2O3. The first-order chi connectivity index (χ1) is 8.65. The van der Waals surface area contributed by atoms with Crippen molar-refractivity contribution in [1.29, 1.82) is 0 Å². The minimum Gasteiger partial charge on any atom is -0.504 e. The molecule has 1 heterocycles. The number of methoxy groups -OCH3 is 1. The van der Waals surface area contributed by atoms with Gasteiger partial charge in [-0.2, -0.15) is 0 Å². The van der Waals surface area contributed by atoms with Crippen LogP contribution in [0.25, 0.3) is 0 Å². The van der Waals surface area contributed by atoms with Gasteiger partial charge in [0.2, 0.25) is 0 Å². The topological polar surface area (TPSA) is 61.8 Å². The molecule has 0 saturated carbocycles. The van der Waals surface area contributed by atoms with Gasteiger partial charge in [-0.05, 0) is 19.1 Å². The van der Waals surface area contributed by atoms with E-state index >= 15 is 0 Å². The van der Waals surface area contributed by atoms with E-state index in [1.807, 2.05) is 6.92 Å². The number of nitrogens with one attached hydrogen (secondary N) is 1. The Kier molecular flexibility index (Phi) is 3.72. The maximum absolute atomic E-state index is 12.4. The number of hydrogen-bond acceptors (Lipinski definition) is 4. The molecule has 0 radical (unpaired) electrons. The number of amides is 1. The number of piperazine rings is 1. The Morgan fingerprint density at radius 2 is 2.33 bits per heavy atom. The van der Waals surface area contributed by atoms with Gasteiger partial charge in [-0.3, -0.25) is 4.79 Å². The van der Waals surface area contributed by atoms with Crippen LogP contribution in [0.15, 0.2) is 18.2 Å². The van der Waals surface area contributed by atoms with E-state index in [0.717, 1.165) is 13.1 Å². The molecule has 1 amide bonds. The van der Waals surface area contributed by atoms with Crippen LogP contribution < -0.4 is 10.1 Å². The molecule has 1 atom stereocenters. The molecule has 1 saturated heterocycles. The van der Waals surface area contributed by atoms with E-state index in [1.165, 1.54) is 7.11 Å². The second-order valence-electron chi connectivity index (χ2n) is 4.41. The molecule has 1 aromatic rings. The highest BCUT2D eigenvalue weighted by Gasteiger charge is 2.26. The molecule has 0 aromatic heterocycles. The Labute approximate surface area is 106 Å². The average Bonchev–Trinajstić information content (AvgIpc) is 2.39. The summed E-state index contributed by atoms with van der Waals surface area (Å²) >= 11 is 0. The third-order valence-electron chi connectivity index (χ3n) is 3.21. The van der Waals surface area contributed by atoms with Crippen LogP contribution in [0.5, 0.6) is 11.5 Å². The van der Waals surface area contributed by atoms with E-state index in [-0.39, 0.29) is 17.7 Å². The first kappa shape index (κ1) is 12.7. The quantitative estimate of drug-likeness (QED) is 0.816. The van der Waals surface area contributed by atoms with Crippen molar-refractivity contribution in [2.45, 2.75) is 13.0 Å². The Balaban J connectivity index is 2.28. The van der Waals surface area contributed by atoms with Crippen LogP contribution in [-0.2, 0) is 0 Å². The Morgan fingerprint density at radius 3 is 3.00 bits per heavy atom. The van der Waals surface area contributed by atoms with Gasteiger partial charge in [-0.1, -0.05) is 6.07 Å². The molecule has 0 bridgehead atoms. The maximum Gasteiger partial charge on any atom is 0.258 e. The normalized spacial score (nSPS) is 19.7. The molecule has 1 fully saturated rings. The smallest absolute Gasteiger partial charge is 0.258 e. The number of benzene rings is 1. The summed E-state index contributed by atoms with van der Waals surface area (Å²) in [6.07, 6.45) is 0. The lowest BCUT2D eigenvalue weighted by Gasteiger charge is -2.34. The molecule has 5 heteroatoms. The van der Waals surface area contributed by atoms with Crippen LogP contribution in [0.3, 0.4) is 0 Å². The van der Waals surface area contributed by atoms with E-state index in [1.54, 1.807) is 23.1 Å². The molecule has 0 spiro atoms. The highest BCUT2D eigenvalue weighted by molar-refractivity contribution is 5.97. The van der Waals surface area contributed by atoms with Crippen LogP contribution in [0.4, 0.5) is 0 Å². The lowest BCUT2D eigenvalue weighted by molar-refractivity contribution is 0.0652. The fourth-order valence-corrected chi connectivity index (χ4v) is 2.16. The summed E-state index contributed by atoms with van der Waals surface area (Å²) in [7, 11) is 1.47. The van der Waals surface area contributed by atoms with E-state index < -0.39 is 0 Å². The van der Waals surface area contributed by atoms with Gasteiger partial charge >= 0.3 is 0 Å². The van der Waals surface area contributed by atoms with Crippen LogP contribution in [0.2, 0.25) is 0 Å². The van der Waals surface area contributed by atoms with Gasteiger partial charge < -0.3 is 20.1 Å². The summed E-state index contributed by atoms with van der Waals surface area (Å²) in [5.41, 5.74) is 0.295. The molecule has 0 aliphatic carbocycles. The summed E-state index contributed by atoms with van der Waals surface area (Å²) < 4.78 is 5.02. The lowest BCUT2D eigenvalue weighted by Crippen LogP contribution is -2.52. The summed E-state index contributed by atoms with van der Waals surface area (Å²) in [6.45, 7) is 4.19. The standard InChI is InChI=1S/C13H18N2O3/c1-9-8-14-6-7-15(9)13(17)10-4-3-5-11(18-2)12(10)16/h3-5,9,14,16H,6-8H2,1-2H3/t9-/m1/s1. The van der Waals surface area contributed by atoms with E-state index in [0.29, 0.717) is 17.9 Å². The second kappa shape index (κ2) is 5.27. The lowest BCUT2D eigenvalue weighted by atomic mass is 10.1. The fourth-order valence-electron chi connectivity index (χ4n) is 2.16. The molecule has 18 heavy (non-hydrogen) atoms. The number of ether oxygens (including phenoxy) is 1. The van der Waals surface area contributed by atoms with Gasteiger partial charge in [0.15, 0.2) is 11.5 Å². The van der Waals surface area contributed by atoms with Crippen LogP contribution in [-0.4, -0.2) is 48.7 Å². The highest BCUT2D eigenvalue weighted by atomic mass is 16.5. The van der Waals surface area contributed by atoms with Crippen molar-refractivity contribution >= 4 is 5.91 Å². The largest absolute Gasteiger partial charge is 0.504 e. The van der Waals surface area contributed by atoms with Gasteiger partial charge in [0.25, 0.3) is 5.91 Å². The second-order valence-corrected chi connectivity index (χ2v) is 4.41. The molecular weight excluding hydrogens is 232 g/mol. The number of carbonyl (C=O) groups is 1. The van der Waals surface area contributed by atoms with Crippen LogP contribution >= 0.6 is 0 Å². The number of aromatic hydroxyl groups is 1. The molecule has 2 N–H and O–H groups in total. The van der Waals surface area contributed by atoms with Crippen LogP contribution in [0.1, 0.15) is 17.3 Å². The molecule has 0 unspecified atom stereocenters. The van der Waals surface area contributed by atoms with E-state index in [4.69, 9.17) is 4.74 Å². The number of hydrogen-bond donors (Lipinski definition) is 2. The predicted molar refractivity (Wildman–Crippen MR) is 68.0 cm³/mol. The zero-order valence-electron chi connectivity index (χ0n) is 10.6. The SMILES string of the molecule is COc1cccc(C(=O)N2CCNC[C@H]2C)c1O. The molecule has 1 aliphatic heterocycles. The van der Waals surface area contributed by atoms with Crippen molar-refractivity contribution in [2.24, 2.45) is 0 Å². The molecule has 1 aromatic carbocycles. The summed E-state index contributed by atoms with van der Waals surface area (Å²) in [5.74, 6) is 0.0831. The molecule has 1 aliphatic rings. The predicted octanol–water partition coefficient (Wildman–Crippen LogP) is 0.835. The zero-order valence-corrected chi connectivity index (χ0v) is 10.6. The molecule has 2 rings (SSSR count). The number of phenols is 1. The van der Waals surface area contributed by atoms with Crippen molar-refractivity contribution in [2.75, 3.05) is 26.7 Å². The zero-order chi connectivity index (χ0) is 13.1. The maximum atomic E-state index is 12.4. The summed E-state index contributed by atoms with van der Waals surface area (Å²) in [6, 6.07) is 5.08. The average molecular weight is 250 g/mol. The number of nitrogens with zero attached hydrogens (tertiary/aromatic N) is 1. The minimum absolute atomic E-state index is 0.0873. The van der Waals surface area contributed by atoms with E-state index in [9.17, 15) is 9.90 Å². The van der Waals surface area contributed by atoms with Gasteiger partial charge in [0.1, 0.15) is 0 Å². The highest BCUT2D eigenvalue weighted by Crippen LogP contribution is 2.30. The number of para-hydroxylation sites is 1. The summed E-state index contributed by atoms with van der Waals surface area (Å²) in [5, 5.41) is 13.2. The number of carbonyl (C=O) groups excluding carboxylic acids is 1.